The van der Waals surface area contributed by atoms with Crippen molar-refractivity contribution in [2.75, 3.05) is 13.9 Å². The lowest BCUT2D eigenvalue weighted by atomic mass is 9.71. The summed E-state index contributed by atoms with van der Waals surface area (Å²) in [5, 5.41) is 12.3. The van der Waals surface area contributed by atoms with E-state index >= 15 is 0 Å². The number of pyridine rings is 1. The molecule has 2 aromatic carbocycles. The van der Waals surface area contributed by atoms with Crippen molar-refractivity contribution in [1.82, 2.24) is 0 Å². The number of hydrogen-bond acceptors (Lipinski definition) is 7. The van der Waals surface area contributed by atoms with Crippen LogP contribution in [0.1, 0.15) is 25.0 Å². The number of carbonyl (C=O) groups excluding carboxylic acids is 3. The van der Waals surface area contributed by atoms with Gasteiger partial charge in [0.15, 0.2) is 53.1 Å². The molecule has 3 heterocycles. The number of aryl methyl sites for hydroxylation is 2. The Hall–Kier alpha value is -3.94. The van der Waals surface area contributed by atoms with Crippen molar-refractivity contribution < 1.29 is 38.3 Å². The monoisotopic (exact) mass is 488 g/mol. The van der Waals surface area contributed by atoms with E-state index in [4.69, 9.17) is 14.2 Å². The summed E-state index contributed by atoms with van der Waals surface area (Å²) >= 11 is 0. The summed E-state index contributed by atoms with van der Waals surface area (Å²) in [6.07, 6.45) is 2.81. The molecule has 8 heteroatoms. The van der Waals surface area contributed by atoms with Crippen LogP contribution in [0.25, 0.3) is 22.0 Å². The highest BCUT2D eigenvalue weighted by Crippen LogP contribution is 2.43. The smallest absolute Gasteiger partial charge is 0.231 e. The lowest BCUT2D eigenvalue weighted by Crippen LogP contribution is -2.46. The third kappa shape index (κ3) is 3.20. The van der Waals surface area contributed by atoms with Crippen LogP contribution in [-0.2, 0) is 33.8 Å². The predicted molar refractivity (Wildman–Crippen MR) is 128 cm³/mol. The summed E-state index contributed by atoms with van der Waals surface area (Å²) in [6.45, 7) is 4.05. The second-order valence-corrected chi connectivity index (χ2v) is 9.79. The zero-order valence-electron chi connectivity index (χ0n) is 20.3. The molecular weight excluding hydrogens is 462 g/mol. The molecule has 0 bridgehead atoms. The molecule has 36 heavy (non-hydrogen) atoms. The molecule has 6 rings (SSSR count). The zero-order chi connectivity index (χ0) is 25.3. The molecule has 1 N–H and O–H groups in total. The van der Waals surface area contributed by atoms with E-state index in [-0.39, 0.29) is 42.1 Å². The topological polar surface area (TPSA) is 103 Å². The highest BCUT2D eigenvalue weighted by atomic mass is 16.7. The number of hydrogen-bond donors (Lipinski definition) is 1. The summed E-state index contributed by atoms with van der Waals surface area (Å²) in [4.78, 5) is 38.4. The van der Waals surface area contributed by atoms with Crippen molar-refractivity contribution in [2.45, 2.75) is 33.2 Å². The van der Waals surface area contributed by atoms with Gasteiger partial charge in [0.1, 0.15) is 0 Å². The Morgan fingerprint density at radius 2 is 1.67 bits per heavy atom. The molecular formula is C28H26NO7+. The number of Topliss-reactive ketones (excluding diaryl/α,β-unsaturated/α-hetero) is 3. The van der Waals surface area contributed by atoms with Crippen molar-refractivity contribution in [1.29, 1.82) is 0 Å². The number of rotatable bonds is 3. The fraction of sp³-hybridized carbons (Fsp3) is 0.357. The molecule has 1 aliphatic carbocycles. The molecule has 3 aliphatic rings. The van der Waals surface area contributed by atoms with Gasteiger partial charge in [0.25, 0.3) is 0 Å². The number of ketones is 3. The van der Waals surface area contributed by atoms with E-state index in [2.05, 4.69) is 4.57 Å². The quantitative estimate of drug-likeness (QED) is 0.447. The molecule has 1 fully saturated rings. The molecule has 1 aromatic heterocycles. The number of aromatic hydroxyl groups is 1. The number of methoxy groups -OCH3 is 1. The fourth-order valence-electron chi connectivity index (χ4n) is 5.72. The van der Waals surface area contributed by atoms with Crippen LogP contribution >= 0.6 is 0 Å². The summed E-state index contributed by atoms with van der Waals surface area (Å²) in [5.41, 5.74) is 3.78. The van der Waals surface area contributed by atoms with Crippen molar-refractivity contribution in [2.24, 2.45) is 17.8 Å². The van der Waals surface area contributed by atoms with Crippen LogP contribution in [-0.4, -0.2) is 36.4 Å². The Balaban J connectivity index is 1.52. The van der Waals surface area contributed by atoms with Gasteiger partial charge in [0.2, 0.25) is 12.5 Å². The molecule has 3 aromatic rings. The van der Waals surface area contributed by atoms with Gasteiger partial charge in [0, 0.05) is 17.9 Å². The Kier molecular flexibility index (Phi) is 5.03. The Morgan fingerprint density at radius 3 is 2.36 bits per heavy atom. The van der Waals surface area contributed by atoms with Gasteiger partial charge in [-0.05, 0) is 49.6 Å². The van der Waals surface area contributed by atoms with Gasteiger partial charge in [-0.3, -0.25) is 14.4 Å². The average molecular weight is 489 g/mol. The standard InChI is InChI=1S/C28H25NO7/c1-13-25(30)14(2)27(32)19(26(13)31)6-16-8-24(34-3)28(33)20-11-29-5-4-15-7-22-23(36-12-35-22)10-18(15)21(29)9-17(16)20/h7-11,13-14,19H,4-6,12H2,1-3H3/p+1. The summed E-state index contributed by atoms with van der Waals surface area (Å²) in [6, 6.07) is 7.65. The molecule has 2 atom stereocenters. The van der Waals surface area contributed by atoms with Crippen LogP contribution in [0.2, 0.25) is 0 Å². The number of fused-ring (bicyclic) bond motifs is 5. The van der Waals surface area contributed by atoms with E-state index in [0.717, 1.165) is 34.4 Å². The van der Waals surface area contributed by atoms with Crippen LogP contribution in [0.5, 0.6) is 23.0 Å². The highest BCUT2D eigenvalue weighted by Gasteiger charge is 2.45. The maximum Gasteiger partial charge on any atom is 0.231 e. The minimum Gasteiger partial charge on any atom is -0.504 e. The van der Waals surface area contributed by atoms with Crippen molar-refractivity contribution in [3.8, 4) is 34.3 Å². The van der Waals surface area contributed by atoms with Crippen molar-refractivity contribution in [3.05, 3.63) is 41.6 Å². The molecule has 1 saturated carbocycles. The summed E-state index contributed by atoms with van der Waals surface area (Å²) < 4.78 is 18.7. The fourth-order valence-corrected chi connectivity index (χ4v) is 5.72. The van der Waals surface area contributed by atoms with Crippen LogP contribution in [0.4, 0.5) is 0 Å². The van der Waals surface area contributed by atoms with E-state index in [9.17, 15) is 19.5 Å². The number of nitrogens with zero attached hydrogens (tertiary/aromatic N) is 1. The van der Waals surface area contributed by atoms with E-state index in [1.807, 2.05) is 24.4 Å². The molecule has 2 aliphatic heterocycles. The number of phenolic OH excluding ortho intramolecular Hbond substituents is 1. The van der Waals surface area contributed by atoms with Gasteiger partial charge in [-0.15, -0.1) is 0 Å². The normalized spacial score (nSPS) is 22.5. The van der Waals surface area contributed by atoms with Crippen molar-refractivity contribution in [3.63, 3.8) is 0 Å². The first kappa shape index (κ1) is 22.5. The molecule has 0 radical (unpaired) electrons. The average Bonchev–Trinajstić information content (AvgIpc) is 3.35. The Morgan fingerprint density at radius 1 is 0.972 bits per heavy atom. The van der Waals surface area contributed by atoms with Crippen LogP contribution in [0.15, 0.2) is 30.5 Å². The summed E-state index contributed by atoms with van der Waals surface area (Å²) in [7, 11) is 1.47. The zero-order valence-corrected chi connectivity index (χ0v) is 20.3. The summed E-state index contributed by atoms with van der Waals surface area (Å²) in [5.74, 6) is -1.89. The highest BCUT2D eigenvalue weighted by molar-refractivity contribution is 6.23. The predicted octanol–water partition coefficient (Wildman–Crippen LogP) is 2.95. The molecule has 184 valence electrons. The molecule has 0 amide bonds. The van der Waals surface area contributed by atoms with Gasteiger partial charge >= 0.3 is 0 Å². The third-order valence-corrected chi connectivity index (χ3v) is 7.84. The molecule has 0 spiro atoms. The Labute approximate surface area is 207 Å². The van der Waals surface area contributed by atoms with Gasteiger partial charge in [-0.2, -0.15) is 4.57 Å². The first-order valence-electron chi connectivity index (χ1n) is 12.1. The molecule has 0 saturated heterocycles. The second kappa shape index (κ2) is 8.05. The lowest BCUT2D eigenvalue weighted by molar-refractivity contribution is -0.686. The number of ether oxygens (including phenoxy) is 3. The Bertz CT molecular complexity index is 1470. The maximum absolute atomic E-state index is 13.0. The second-order valence-electron chi connectivity index (χ2n) is 9.79. The van der Waals surface area contributed by atoms with E-state index < -0.39 is 17.8 Å². The minimum absolute atomic E-state index is 0.00115. The first-order valence-corrected chi connectivity index (χ1v) is 12.1. The number of aromatic nitrogens is 1. The van der Waals surface area contributed by atoms with Crippen molar-refractivity contribution >= 4 is 28.1 Å². The number of phenols is 1. The lowest BCUT2D eigenvalue weighted by Gasteiger charge is -2.28. The van der Waals surface area contributed by atoms with Gasteiger partial charge < -0.3 is 19.3 Å². The van der Waals surface area contributed by atoms with Crippen LogP contribution < -0.4 is 18.8 Å². The molecule has 8 nitrogen and oxygen atoms in total. The molecule has 2 unspecified atom stereocenters. The largest absolute Gasteiger partial charge is 0.504 e. The van der Waals surface area contributed by atoms with Gasteiger partial charge in [0.05, 0.1) is 35.8 Å². The minimum atomic E-state index is -0.921. The van der Waals surface area contributed by atoms with E-state index in [1.165, 1.54) is 7.11 Å². The SMILES string of the molecule is COc1cc(CC2C(=O)C(C)C(=O)C(C)C2=O)c2cc3[n+](cc2c1O)CCc1cc2c(cc1-3)OCO2. The van der Waals surface area contributed by atoms with Crippen LogP contribution in [0, 0.1) is 17.8 Å². The number of benzene rings is 2. The van der Waals surface area contributed by atoms with E-state index in [1.54, 1.807) is 19.9 Å². The first-order chi connectivity index (χ1) is 17.3. The van der Waals surface area contributed by atoms with Gasteiger partial charge in [-0.25, -0.2) is 0 Å². The van der Waals surface area contributed by atoms with Crippen LogP contribution in [0.3, 0.4) is 0 Å². The third-order valence-electron chi connectivity index (χ3n) is 7.84. The van der Waals surface area contributed by atoms with E-state index in [0.29, 0.717) is 23.2 Å². The van der Waals surface area contributed by atoms with Gasteiger partial charge in [-0.1, -0.05) is 0 Å². The number of carbonyl (C=O) groups is 3. The maximum atomic E-state index is 13.0.